The van der Waals surface area contributed by atoms with Crippen LogP contribution >= 0.6 is 11.6 Å². The molecule has 1 aliphatic rings. The molecule has 0 spiro atoms. The highest BCUT2D eigenvalue weighted by molar-refractivity contribution is 7.89. The maximum Gasteiger partial charge on any atom is 0.321 e. The van der Waals surface area contributed by atoms with E-state index >= 15 is 0 Å². The van der Waals surface area contributed by atoms with Crippen molar-refractivity contribution in [3.63, 3.8) is 0 Å². The molecule has 0 bridgehead atoms. The van der Waals surface area contributed by atoms with Crippen LogP contribution in [0.25, 0.3) is 0 Å². The van der Waals surface area contributed by atoms with E-state index < -0.39 is 10.0 Å². The summed E-state index contributed by atoms with van der Waals surface area (Å²) in [6.07, 6.45) is 0. The maximum absolute atomic E-state index is 12.7. The zero-order valence-corrected chi connectivity index (χ0v) is 15.9. The van der Waals surface area contributed by atoms with Gasteiger partial charge in [-0.15, -0.1) is 0 Å². The molecule has 0 unspecified atom stereocenters. The fraction of sp³-hybridized carbons (Fsp3) is 0.278. The number of rotatable bonds is 3. The van der Waals surface area contributed by atoms with Gasteiger partial charge in [0.05, 0.1) is 4.90 Å². The molecule has 2 amide bonds. The van der Waals surface area contributed by atoms with E-state index in [1.165, 1.54) is 4.31 Å². The summed E-state index contributed by atoms with van der Waals surface area (Å²) >= 11 is 5.83. The third-order valence-corrected chi connectivity index (χ3v) is 6.44. The van der Waals surface area contributed by atoms with E-state index in [-0.39, 0.29) is 24.0 Å². The largest absolute Gasteiger partial charge is 0.322 e. The Bertz CT molecular complexity index is 875. The SMILES string of the molecule is Cc1ccc(S(=O)(=O)N2CCN(C(=O)Nc3ccc(Cl)cc3)CC2)cc1. The summed E-state index contributed by atoms with van der Waals surface area (Å²) < 4.78 is 26.8. The molecule has 0 saturated carbocycles. The molecular formula is C18H20ClN3O3S. The van der Waals surface area contributed by atoms with Crippen molar-refractivity contribution in [2.24, 2.45) is 0 Å². The van der Waals surface area contributed by atoms with Crippen molar-refractivity contribution in [2.75, 3.05) is 31.5 Å². The Kier molecular flexibility index (Phi) is 5.50. The van der Waals surface area contributed by atoms with Crippen molar-refractivity contribution in [1.29, 1.82) is 0 Å². The van der Waals surface area contributed by atoms with Gasteiger partial charge in [-0.3, -0.25) is 0 Å². The number of urea groups is 1. The number of nitrogens with zero attached hydrogens (tertiary/aromatic N) is 2. The van der Waals surface area contributed by atoms with Crippen molar-refractivity contribution >= 4 is 33.3 Å². The lowest BCUT2D eigenvalue weighted by molar-refractivity contribution is 0.184. The third kappa shape index (κ3) is 4.17. The molecule has 0 aliphatic carbocycles. The van der Waals surface area contributed by atoms with Crippen LogP contribution in [-0.2, 0) is 10.0 Å². The van der Waals surface area contributed by atoms with Crippen molar-refractivity contribution < 1.29 is 13.2 Å². The molecule has 26 heavy (non-hydrogen) atoms. The Morgan fingerprint density at radius 3 is 2.12 bits per heavy atom. The lowest BCUT2D eigenvalue weighted by Crippen LogP contribution is -2.51. The van der Waals surface area contributed by atoms with Crippen molar-refractivity contribution in [3.8, 4) is 0 Å². The predicted molar refractivity (Wildman–Crippen MR) is 102 cm³/mol. The molecule has 1 heterocycles. The van der Waals surface area contributed by atoms with Gasteiger partial charge in [0.2, 0.25) is 10.0 Å². The fourth-order valence-corrected chi connectivity index (χ4v) is 4.27. The third-order valence-electron chi connectivity index (χ3n) is 4.28. The number of hydrogen-bond acceptors (Lipinski definition) is 3. The second kappa shape index (κ2) is 7.65. The van der Waals surface area contributed by atoms with Crippen LogP contribution in [0.1, 0.15) is 5.56 Å². The standard InChI is InChI=1S/C18H20ClN3O3S/c1-14-2-8-17(9-3-14)26(24,25)22-12-10-21(11-13-22)18(23)20-16-6-4-15(19)5-7-16/h2-9H,10-13H2,1H3,(H,20,23). The summed E-state index contributed by atoms with van der Waals surface area (Å²) in [6, 6.07) is 13.4. The first-order chi connectivity index (χ1) is 12.4. The number of aryl methyl sites for hydroxylation is 1. The lowest BCUT2D eigenvalue weighted by Gasteiger charge is -2.34. The maximum atomic E-state index is 12.7. The van der Waals surface area contributed by atoms with Gasteiger partial charge >= 0.3 is 6.03 Å². The van der Waals surface area contributed by atoms with E-state index in [0.29, 0.717) is 23.8 Å². The summed E-state index contributed by atoms with van der Waals surface area (Å²) in [5.41, 5.74) is 1.65. The number of anilines is 1. The molecule has 2 aromatic carbocycles. The summed E-state index contributed by atoms with van der Waals surface area (Å²) in [4.78, 5) is 14.2. The van der Waals surface area contributed by atoms with Gasteiger partial charge in [0.1, 0.15) is 0 Å². The van der Waals surface area contributed by atoms with Gasteiger partial charge in [0, 0.05) is 36.9 Å². The smallest absolute Gasteiger partial charge is 0.321 e. The molecule has 1 N–H and O–H groups in total. The first kappa shape index (κ1) is 18.7. The van der Waals surface area contributed by atoms with Crippen LogP contribution in [-0.4, -0.2) is 49.8 Å². The van der Waals surface area contributed by atoms with Gasteiger partial charge in [0.15, 0.2) is 0 Å². The Balaban J connectivity index is 1.60. The minimum atomic E-state index is -3.53. The average Bonchev–Trinajstić information content (AvgIpc) is 2.64. The van der Waals surface area contributed by atoms with Crippen LogP contribution in [0.3, 0.4) is 0 Å². The first-order valence-corrected chi connectivity index (χ1v) is 10.1. The van der Waals surface area contributed by atoms with Crippen LogP contribution in [0.4, 0.5) is 10.5 Å². The summed E-state index contributed by atoms with van der Waals surface area (Å²) in [5.74, 6) is 0. The average molecular weight is 394 g/mol. The van der Waals surface area contributed by atoms with Crippen LogP contribution < -0.4 is 5.32 Å². The van der Waals surface area contributed by atoms with Gasteiger partial charge < -0.3 is 10.2 Å². The lowest BCUT2D eigenvalue weighted by atomic mass is 10.2. The predicted octanol–water partition coefficient (Wildman–Crippen LogP) is 3.19. The van der Waals surface area contributed by atoms with E-state index in [4.69, 9.17) is 11.6 Å². The Morgan fingerprint density at radius 1 is 0.962 bits per heavy atom. The fourth-order valence-electron chi connectivity index (χ4n) is 2.73. The number of benzene rings is 2. The molecular weight excluding hydrogens is 374 g/mol. The molecule has 6 nitrogen and oxygen atoms in total. The summed E-state index contributed by atoms with van der Waals surface area (Å²) in [7, 11) is -3.53. The number of piperazine rings is 1. The topological polar surface area (TPSA) is 69.7 Å². The van der Waals surface area contributed by atoms with Gasteiger partial charge in [-0.05, 0) is 43.3 Å². The van der Waals surface area contributed by atoms with Crippen molar-refractivity contribution in [2.45, 2.75) is 11.8 Å². The zero-order valence-electron chi connectivity index (χ0n) is 14.4. The quantitative estimate of drug-likeness (QED) is 0.870. The van der Waals surface area contributed by atoms with Crippen molar-refractivity contribution in [1.82, 2.24) is 9.21 Å². The molecule has 8 heteroatoms. The summed E-state index contributed by atoms with van der Waals surface area (Å²) in [6.45, 7) is 3.12. The number of sulfonamides is 1. The molecule has 2 aromatic rings. The molecule has 3 rings (SSSR count). The Hall–Kier alpha value is -2.09. The minimum Gasteiger partial charge on any atom is -0.322 e. The minimum absolute atomic E-state index is 0.250. The molecule has 1 aliphatic heterocycles. The molecule has 0 aromatic heterocycles. The van der Waals surface area contributed by atoms with Gasteiger partial charge in [0.25, 0.3) is 0 Å². The van der Waals surface area contributed by atoms with E-state index in [2.05, 4.69) is 5.32 Å². The van der Waals surface area contributed by atoms with E-state index in [1.807, 2.05) is 6.92 Å². The van der Waals surface area contributed by atoms with E-state index in [0.717, 1.165) is 5.56 Å². The molecule has 0 radical (unpaired) electrons. The number of halogens is 1. The number of carbonyl (C=O) groups is 1. The van der Waals surface area contributed by atoms with Gasteiger partial charge in [-0.1, -0.05) is 29.3 Å². The molecule has 0 atom stereocenters. The highest BCUT2D eigenvalue weighted by atomic mass is 35.5. The second-order valence-corrected chi connectivity index (χ2v) is 8.52. The highest BCUT2D eigenvalue weighted by Crippen LogP contribution is 2.19. The number of amides is 2. The molecule has 1 saturated heterocycles. The van der Waals surface area contributed by atoms with Crippen LogP contribution in [0.5, 0.6) is 0 Å². The number of hydrogen-bond donors (Lipinski definition) is 1. The Morgan fingerprint density at radius 2 is 1.54 bits per heavy atom. The Labute approximate surface area is 158 Å². The van der Waals surface area contributed by atoms with E-state index in [9.17, 15) is 13.2 Å². The second-order valence-electron chi connectivity index (χ2n) is 6.14. The van der Waals surface area contributed by atoms with Gasteiger partial charge in [-0.2, -0.15) is 4.31 Å². The van der Waals surface area contributed by atoms with Crippen molar-refractivity contribution in [3.05, 3.63) is 59.1 Å². The summed E-state index contributed by atoms with van der Waals surface area (Å²) in [5, 5.41) is 3.39. The first-order valence-electron chi connectivity index (χ1n) is 8.24. The van der Waals surface area contributed by atoms with E-state index in [1.54, 1.807) is 53.4 Å². The zero-order chi connectivity index (χ0) is 18.7. The number of nitrogens with one attached hydrogen (secondary N) is 1. The van der Waals surface area contributed by atoms with Gasteiger partial charge in [-0.25, -0.2) is 13.2 Å². The van der Waals surface area contributed by atoms with Crippen LogP contribution in [0, 0.1) is 6.92 Å². The van der Waals surface area contributed by atoms with Crippen LogP contribution in [0.15, 0.2) is 53.4 Å². The molecule has 138 valence electrons. The molecule has 1 fully saturated rings. The monoisotopic (exact) mass is 393 g/mol. The van der Waals surface area contributed by atoms with Crippen LogP contribution in [0.2, 0.25) is 5.02 Å². The normalized spacial score (nSPS) is 15.7. The number of carbonyl (C=O) groups excluding carboxylic acids is 1. The highest BCUT2D eigenvalue weighted by Gasteiger charge is 2.30.